The number of fused-ring (bicyclic) bond motifs is 1. The molecule has 0 unspecified atom stereocenters. The molecule has 2 aromatic rings. The maximum atomic E-state index is 13.2. The lowest BCUT2D eigenvalue weighted by Gasteiger charge is -2.30. The van der Waals surface area contributed by atoms with E-state index in [1.165, 1.54) is 21.4 Å². The Morgan fingerprint density at radius 2 is 1.88 bits per heavy atom. The summed E-state index contributed by atoms with van der Waals surface area (Å²) in [5.41, 5.74) is 1.24. The van der Waals surface area contributed by atoms with Gasteiger partial charge >= 0.3 is 0 Å². The molecule has 3 rings (SSSR count). The third-order valence-electron chi connectivity index (χ3n) is 5.52. The molecule has 0 bridgehead atoms. The number of anilines is 1. The summed E-state index contributed by atoms with van der Waals surface area (Å²) >= 11 is 12.2. The van der Waals surface area contributed by atoms with E-state index in [1.807, 2.05) is 0 Å². The third-order valence-corrected chi connectivity index (χ3v) is 7.13. The fourth-order valence-electron chi connectivity index (χ4n) is 3.82. The molecule has 32 heavy (non-hydrogen) atoms. The van der Waals surface area contributed by atoms with Gasteiger partial charge in [-0.05, 0) is 38.0 Å². The second kappa shape index (κ2) is 10.4. The average molecular weight is 502 g/mol. The van der Waals surface area contributed by atoms with E-state index in [0.29, 0.717) is 41.8 Å². The summed E-state index contributed by atoms with van der Waals surface area (Å²) in [5.74, 6) is -0.125. The first kappa shape index (κ1) is 24.8. The SMILES string of the molecule is CC(C)N1CCCN(S(C)(=O)=O)c2cc(Cl)ccc2CN(C(=O)Cn2cc(Cl)cn2)CC1. The maximum Gasteiger partial charge on any atom is 0.244 e. The van der Waals surface area contributed by atoms with Crippen LogP contribution in [0.2, 0.25) is 10.0 Å². The number of carbonyl (C=O) groups is 1. The van der Waals surface area contributed by atoms with E-state index < -0.39 is 10.0 Å². The summed E-state index contributed by atoms with van der Waals surface area (Å²) in [5, 5.41) is 5.01. The summed E-state index contributed by atoms with van der Waals surface area (Å²) in [6.45, 7) is 6.76. The number of rotatable bonds is 4. The molecule has 176 valence electrons. The van der Waals surface area contributed by atoms with Crippen LogP contribution in [0.5, 0.6) is 0 Å². The first-order valence-corrected chi connectivity index (χ1v) is 13.1. The summed E-state index contributed by atoms with van der Waals surface area (Å²) in [6, 6.07) is 5.43. The molecule has 0 radical (unpaired) electrons. The monoisotopic (exact) mass is 501 g/mol. The number of benzene rings is 1. The van der Waals surface area contributed by atoms with Crippen LogP contribution in [-0.4, -0.2) is 72.4 Å². The normalized spacial score (nSPS) is 16.7. The highest BCUT2D eigenvalue weighted by Gasteiger charge is 2.25. The first-order valence-electron chi connectivity index (χ1n) is 10.5. The average Bonchev–Trinajstić information content (AvgIpc) is 3.08. The molecule has 2 heterocycles. The van der Waals surface area contributed by atoms with E-state index >= 15 is 0 Å². The lowest BCUT2D eigenvalue weighted by molar-refractivity contribution is -0.133. The van der Waals surface area contributed by atoms with Gasteiger partial charge in [-0.1, -0.05) is 29.3 Å². The standard InChI is InChI=1S/C21H29Cl2N5O3S/c1-16(2)25-7-4-8-28(32(3,30)31)20-11-18(22)6-5-17(20)13-26(10-9-25)21(29)15-27-14-19(23)12-24-27/h5-6,11-12,14,16H,4,7-10,13,15H2,1-3H3. The van der Waals surface area contributed by atoms with Crippen LogP contribution in [0.15, 0.2) is 30.6 Å². The predicted molar refractivity (Wildman–Crippen MR) is 128 cm³/mol. The van der Waals surface area contributed by atoms with Crippen LogP contribution in [0.1, 0.15) is 25.8 Å². The van der Waals surface area contributed by atoms with Crippen molar-refractivity contribution in [2.24, 2.45) is 0 Å². The molecule has 0 aliphatic carbocycles. The van der Waals surface area contributed by atoms with Gasteiger partial charge in [-0.25, -0.2) is 8.42 Å². The Morgan fingerprint density at radius 3 is 2.50 bits per heavy atom. The zero-order valence-corrected chi connectivity index (χ0v) is 20.9. The van der Waals surface area contributed by atoms with Crippen LogP contribution in [0.4, 0.5) is 5.69 Å². The van der Waals surface area contributed by atoms with Gasteiger partial charge in [0.05, 0.1) is 23.2 Å². The van der Waals surface area contributed by atoms with E-state index in [-0.39, 0.29) is 25.0 Å². The van der Waals surface area contributed by atoms with Gasteiger partial charge in [0, 0.05) is 50.0 Å². The van der Waals surface area contributed by atoms with Crippen molar-refractivity contribution < 1.29 is 13.2 Å². The van der Waals surface area contributed by atoms with Gasteiger partial charge in [0.1, 0.15) is 6.54 Å². The second-order valence-corrected chi connectivity index (χ2v) is 11.0. The zero-order valence-electron chi connectivity index (χ0n) is 18.5. The van der Waals surface area contributed by atoms with Crippen molar-refractivity contribution in [2.45, 2.75) is 39.4 Å². The molecule has 1 aromatic heterocycles. The van der Waals surface area contributed by atoms with E-state index in [2.05, 4.69) is 23.8 Å². The summed E-state index contributed by atoms with van der Waals surface area (Å²) < 4.78 is 28.2. The Hall–Kier alpha value is -1.81. The van der Waals surface area contributed by atoms with Crippen molar-refractivity contribution in [3.8, 4) is 0 Å². The smallest absolute Gasteiger partial charge is 0.244 e. The van der Waals surface area contributed by atoms with Crippen LogP contribution in [0, 0.1) is 0 Å². The molecular formula is C21H29Cl2N5O3S. The quantitative estimate of drug-likeness (QED) is 0.642. The number of hydrogen-bond acceptors (Lipinski definition) is 5. The Kier molecular flexibility index (Phi) is 8.08. The highest BCUT2D eigenvalue weighted by molar-refractivity contribution is 7.92. The van der Waals surface area contributed by atoms with Crippen LogP contribution in [0.25, 0.3) is 0 Å². The predicted octanol–water partition coefficient (Wildman–Crippen LogP) is 3.10. The molecule has 1 amide bonds. The van der Waals surface area contributed by atoms with Crippen LogP contribution >= 0.6 is 23.2 Å². The Labute approximate surface area is 199 Å². The zero-order chi connectivity index (χ0) is 23.5. The molecule has 0 saturated carbocycles. The van der Waals surface area contributed by atoms with Crippen molar-refractivity contribution in [1.29, 1.82) is 0 Å². The van der Waals surface area contributed by atoms with Gasteiger partial charge in [-0.3, -0.25) is 18.7 Å². The molecule has 1 aliphatic rings. The number of amides is 1. The van der Waals surface area contributed by atoms with E-state index in [4.69, 9.17) is 23.2 Å². The Morgan fingerprint density at radius 1 is 1.12 bits per heavy atom. The van der Waals surface area contributed by atoms with Crippen molar-refractivity contribution in [3.63, 3.8) is 0 Å². The number of nitrogens with zero attached hydrogens (tertiary/aromatic N) is 5. The van der Waals surface area contributed by atoms with Gasteiger partial charge in [-0.15, -0.1) is 0 Å². The van der Waals surface area contributed by atoms with Gasteiger partial charge in [0.25, 0.3) is 0 Å². The van der Waals surface area contributed by atoms with Crippen molar-refractivity contribution in [2.75, 3.05) is 36.7 Å². The number of carbonyl (C=O) groups excluding carboxylic acids is 1. The number of halogens is 2. The third kappa shape index (κ3) is 6.37. The Balaban J connectivity index is 1.99. The molecule has 0 spiro atoms. The number of aromatic nitrogens is 2. The molecule has 11 heteroatoms. The van der Waals surface area contributed by atoms with Crippen molar-refractivity contribution in [3.05, 3.63) is 46.2 Å². The Bertz CT molecular complexity index is 1060. The van der Waals surface area contributed by atoms with Crippen LogP contribution < -0.4 is 4.31 Å². The van der Waals surface area contributed by atoms with E-state index in [0.717, 1.165) is 12.1 Å². The highest BCUT2D eigenvalue weighted by atomic mass is 35.5. The molecule has 0 N–H and O–H groups in total. The molecule has 0 saturated heterocycles. The molecule has 1 aromatic carbocycles. The van der Waals surface area contributed by atoms with Crippen molar-refractivity contribution >= 4 is 44.8 Å². The maximum absolute atomic E-state index is 13.2. The second-order valence-electron chi connectivity index (χ2n) is 8.26. The lowest BCUT2D eigenvalue weighted by atomic mass is 10.1. The summed E-state index contributed by atoms with van der Waals surface area (Å²) in [6.07, 6.45) is 4.95. The largest absolute Gasteiger partial charge is 0.335 e. The minimum absolute atomic E-state index is 0.0487. The van der Waals surface area contributed by atoms with Gasteiger partial charge < -0.3 is 4.90 Å². The van der Waals surface area contributed by atoms with Crippen LogP contribution in [0.3, 0.4) is 0 Å². The van der Waals surface area contributed by atoms with Crippen molar-refractivity contribution in [1.82, 2.24) is 19.6 Å². The first-order chi connectivity index (χ1) is 15.0. The number of sulfonamides is 1. The molecule has 0 atom stereocenters. The summed E-state index contributed by atoms with van der Waals surface area (Å²) in [7, 11) is -3.53. The topological polar surface area (TPSA) is 78.8 Å². The lowest BCUT2D eigenvalue weighted by Crippen LogP contribution is -2.42. The fourth-order valence-corrected chi connectivity index (χ4v) is 5.13. The molecular weight excluding hydrogens is 473 g/mol. The minimum Gasteiger partial charge on any atom is -0.335 e. The van der Waals surface area contributed by atoms with Gasteiger partial charge in [0.15, 0.2) is 0 Å². The van der Waals surface area contributed by atoms with Gasteiger partial charge in [0.2, 0.25) is 15.9 Å². The number of hydrogen-bond donors (Lipinski definition) is 0. The van der Waals surface area contributed by atoms with E-state index in [9.17, 15) is 13.2 Å². The van der Waals surface area contributed by atoms with Gasteiger partial charge in [-0.2, -0.15) is 5.10 Å². The molecule has 1 aliphatic heterocycles. The summed E-state index contributed by atoms with van der Waals surface area (Å²) in [4.78, 5) is 17.2. The van der Waals surface area contributed by atoms with Crippen LogP contribution in [-0.2, 0) is 27.9 Å². The molecule has 0 fully saturated rings. The van der Waals surface area contributed by atoms with E-state index in [1.54, 1.807) is 29.3 Å². The fraction of sp³-hybridized carbons (Fsp3) is 0.524. The molecule has 8 nitrogen and oxygen atoms in total. The minimum atomic E-state index is -3.53. The highest BCUT2D eigenvalue weighted by Crippen LogP contribution is 2.29.